The van der Waals surface area contributed by atoms with E-state index in [1.165, 1.54) is 11.1 Å². The summed E-state index contributed by atoms with van der Waals surface area (Å²) >= 11 is 0. The lowest BCUT2D eigenvalue weighted by molar-refractivity contribution is -0.120. The molecule has 0 radical (unpaired) electrons. The van der Waals surface area contributed by atoms with Crippen molar-refractivity contribution in [3.63, 3.8) is 0 Å². The normalized spacial score (nSPS) is 17.8. The highest BCUT2D eigenvalue weighted by Gasteiger charge is 2.21. The Labute approximate surface area is 156 Å². The van der Waals surface area contributed by atoms with Crippen LogP contribution in [0.3, 0.4) is 0 Å². The van der Waals surface area contributed by atoms with E-state index in [0.717, 1.165) is 44.8 Å². The number of rotatable bonds is 7. The molecule has 1 aliphatic rings. The summed E-state index contributed by atoms with van der Waals surface area (Å²) in [6, 6.07) is 18.5. The van der Waals surface area contributed by atoms with Crippen molar-refractivity contribution in [1.29, 1.82) is 0 Å². The average molecular weight is 352 g/mol. The molecule has 1 saturated heterocycles. The lowest BCUT2D eigenvalue weighted by Gasteiger charge is -2.33. The highest BCUT2D eigenvalue weighted by molar-refractivity contribution is 5.78. The van der Waals surface area contributed by atoms with Gasteiger partial charge in [-0.05, 0) is 24.5 Å². The second kappa shape index (κ2) is 9.51. The Kier molecular flexibility index (Phi) is 6.81. The molecule has 1 unspecified atom stereocenters. The Hall–Kier alpha value is -2.17. The molecule has 0 bridgehead atoms. The van der Waals surface area contributed by atoms with E-state index in [1.54, 1.807) is 0 Å². The average Bonchev–Trinajstić information content (AvgIpc) is 2.66. The fourth-order valence-corrected chi connectivity index (χ4v) is 3.38. The van der Waals surface area contributed by atoms with Crippen molar-refractivity contribution in [3.8, 4) is 0 Å². The molecule has 0 aromatic heterocycles. The molecular weight excluding hydrogens is 324 g/mol. The summed E-state index contributed by atoms with van der Waals surface area (Å²) < 4.78 is 5.90. The van der Waals surface area contributed by atoms with Crippen LogP contribution in [-0.4, -0.2) is 43.6 Å². The first kappa shape index (κ1) is 18.6. The largest absolute Gasteiger partial charge is 0.371 e. The fraction of sp³-hybridized carbons (Fsp3) is 0.409. The zero-order valence-electron chi connectivity index (χ0n) is 15.5. The molecule has 138 valence electrons. The van der Waals surface area contributed by atoms with Gasteiger partial charge in [0.2, 0.25) is 5.91 Å². The quantitative estimate of drug-likeness (QED) is 0.779. The Morgan fingerprint density at radius 1 is 1.19 bits per heavy atom. The van der Waals surface area contributed by atoms with Gasteiger partial charge < -0.3 is 10.1 Å². The molecule has 1 fully saturated rings. The zero-order valence-corrected chi connectivity index (χ0v) is 15.5. The van der Waals surface area contributed by atoms with E-state index >= 15 is 0 Å². The summed E-state index contributed by atoms with van der Waals surface area (Å²) in [5.74, 6) is 0.0970. The Bertz CT molecular complexity index is 702. The van der Waals surface area contributed by atoms with Crippen molar-refractivity contribution in [2.24, 2.45) is 0 Å². The van der Waals surface area contributed by atoms with Crippen molar-refractivity contribution >= 4 is 5.91 Å². The molecule has 26 heavy (non-hydrogen) atoms. The van der Waals surface area contributed by atoms with Crippen molar-refractivity contribution < 1.29 is 9.53 Å². The summed E-state index contributed by atoms with van der Waals surface area (Å²) in [5, 5.41) is 3.04. The van der Waals surface area contributed by atoms with Crippen LogP contribution in [0.2, 0.25) is 0 Å². The molecule has 4 nitrogen and oxygen atoms in total. The number of nitrogens with zero attached hydrogens (tertiary/aromatic N) is 1. The SMILES string of the molecule is Cc1cccc(CC(=O)NCCCN2CCOC(c3ccccc3)C2)c1. The second-order valence-electron chi connectivity index (χ2n) is 6.94. The Balaban J connectivity index is 1.36. The number of benzene rings is 2. The minimum absolute atomic E-state index is 0.0970. The number of carbonyl (C=O) groups excluding carboxylic acids is 1. The Morgan fingerprint density at radius 3 is 2.85 bits per heavy atom. The van der Waals surface area contributed by atoms with Gasteiger partial charge in [0.1, 0.15) is 0 Å². The van der Waals surface area contributed by atoms with Crippen LogP contribution in [0.5, 0.6) is 0 Å². The van der Waals surface area contributed by atoms with Gasteiger partial charge in [-0.1, -0.05) is 60.2 Å². The number of hydrogen-bond acceptors (Lipinski definition) is 3. The third-order valence-electron chi connectivity index (χ3n) is 4.74. The first-order chi connectivity index (χ1) is 12.7. The second-order valence-corrected chi connectivity index (χ2v) is 6.94. The number of amides is 1. The van der Waals surface area contributed by atoms with Gasteiger partial charge in [-0.2, -0.15) is 0 Å². The highest BCUT2D eigenvalue weighted by atomic mass is 16.5. The molecule has 2 aromatic rings. The Morgan fingerprint density at radius 2 is 2.04 bits per heavy atom. The maximum absolute atomic E-state index is 12.1. The molecule has 0 spiro atoms. The molecule has 1 amide bonds. The molecular formula is C22H28N2O2. The van der Waals surface area contributed by atoms with Crippen molar-refractivity contribution in [1.82, 2.24) is 10.2 Å². The molecule has 1 heterocycles. The van der Waals surface area contributed by atoms with Crippen LogP contribution in [0, 0.1) is 6.92 Å². The molecule has 1 N–H and O–H groups in total. The number of morpholine rings is 1. The maximum Gasteiger partial charge on any atom is 0.224 e. The minimum Gasteiger partial charge on any atom is -0.371 e. The van der Waals surface area contributed by atoms with Crippen LogP contribution in [0.4, 0.5) is 0 Å². The summed E-state index contributed by atoms with van der Waals surface area (Å²) in [6.45, 7) is 6.39. The zero-order chi connectivity index (χ0) is 18.2. The molecule has 1 atom stereocenters. The number of aryl methyl sites for hydroxylation is 1. The van der Waals surface area contributed by atoms with Gasteiger partial charge in [0, 0.05) is 26.2 Å². The van der Waals surface area contributed by atoms with Crippen molar-refractivity contribution in [3.05, 3.63) is 71.3 Å². The predicted molar refractivity (Wildman–Crippen MR) is 104 cm³/mol. The monoisotopic (exact) mass is 352 g/mol. The first-order valence-corrected chi connectivity index (χ1v) is 9.42. The van der Waals surface area contributed by atoms with Crippen molar-refractivity contribution in [2.45, 2.75) is 25.9 Å². The van der Waals surface area contributed by atoms with Crippen LogP contribution in [0.25, 0.3) is 0 Å². The van der Waals surface area contributed by atoms with Gasteiger partial charge in [0.15, 0.2) is 0 Å². The van der Waals surface area contributed by atoms with Crippen LogP contribution < -0.4 is 5.32 Å². The van der Waals surface area contributed by atoms with Crippen molar-refractivity contribution in [2.75, 3.05) is 32.8 Å². The summed E-state index contributed by atoms with van der Waals surface area (Å²) in [4.78, 5) is 14.5. The molecule has 0 aliphatic carbocycles. The van der Waals surface area contributed by atoms with Gasteiger partial charge in [-0.15, -0.1) is 0 Å². The van der Waals surface area contributed by atoms with Crippen LogP contribution >= 0.6 is 0 Å². The molecule has 1 aliphatic heterocycles. The standard InChI is InChI=1S/C22H28N2O2/c1-18-7-5-8-19(15-18)16-22(25)23-11-6-12-24-13-14-26-21(17-24)20-9-3-2-4-10-20/h2-5,7-10,15,21H,6,11-14,16-17H2,1H3,(H,23,25). The van der Waals surface area contributed by atoms with E-state index < -0.39 is 0 Å². The lowest BCUT2D eigenvalue weighted by Crippen LogP contribution is -2.40. The van der Waals surface area contributed by atoms with Gasteiger partial charge in [-0.3, -0.25) is 9.69 Å². The summed E-state index contributed by atoms with van der Waals surface area (Å²) in [7, 11) is 0. The van der Waals surface area contributed by atoms with Crippen LogP contribution in [0.15, 0.2) is 54.6 Å². The van der Waals surface area contributed by atoms with E-state index in [1.807, 2.05) is 31.2 Å². The lowest BCUT2D eigenvalue weighted by atomic mass is 10.1. The van der Waals surface area contributed by atoms with E-state index in [9.17, 15) is 4.79 Å². The number of ether oxygens (including phenoxy) is 1. The molecule has 0 saturated carbocycles. The number of carbonyl (C=O) groups is 1. The minimum atomic E-state index is 0.0970. The number of nitrogens with one attached hydrogen (secondary N) is 1. The van der Waals surface area contributed by atoms with E-state index in [0.29, 0.717) is 6.42 Å². The third-order valence-corrected chi connectivity index (χ3v) is 4.74. The molecule has 3 rings (SSSR count). The van der Waals surface area contributed by atoms with E-state index in [-0.39, 0.29) is 12.0 Å². The maximum atomic E-state index is 12.1. The molecule has 2 aromatic carbocycles. The van der Waals surface area contributed by atoms with Crippen LogP contribution in [0.1, 0.15) is 29.2 Å². The topological polar surface area (TPSA) is 41.6 Å². The van der Waals surface area contributed by atoms with Gasteiger partial charge in [0.05, 0.1) is 19.1 Å². The van der Waals surface area contributed by atoms with E-state index in [2.05, 4.69) is 40.5 Å². The van der Waals surface area contributed by atoms with Gasteiger partial charge in [0.25, 0.3) is 0 Å². The third kappa shape index (κ3) is 5.68. The molecule has 4 heteroatoms. The van der Waals surface area contributed by atoms with E-state index in [4.69, 9.17) is 4.74 Å². The fourth-order valence-electron chi connectivity index (χ4n) is 3.38. The predicted octanol–water partition coefficient (Wildman–Crippen LogP) is 3.12. The van der Waals surface area contributed by atoms with Gasteiger partial charge in [-0.25, -0.2) is 0 Å². The smallest absolute Gasteiger partial charge is 0.224 e. The van der Waals surface area contributed by atoms with Gasteiger partial charge >= 0.3 is 0 Å². The summed E-state index contributed by atoms with van der Waals surface area (Å²) in [6.07, 6.45) is 1.57. The van der Waals surface area contributed by atoms with Crippen LogP contribution in [-0.2, 0) is 16.0 Å². The number of hydrogen-bond donors (Lipinski definition) is 1. The first-order valence-electron chi connectivity index (χ1n) is 9.42. The highest BCUT2D eigenvalue weighted by Crippen LogP contribution is 2.21. The summed E-state index contributed by atoms with van der Waals surface area (Å²) in [5.41, 5.74) is 3.50.